The first-order valence-corrected chi connectivity index (χ1v) is 8.86. The smallest absolute Gasteiger partial charge is 0.250 e. The lowest BCUT2D eigenvalue weighted by atomic mass is 10.2. The molecule has 0 bridgehead atoms. The Bertz CT molecular complexity index is 747. The maximum atomic E-state index is 11.8. The summed E-state index contributed by atoms with van der Waals surface area (Å²) in [5, 5.41) is 4.53. The van der Waals surface area contributed by atoms with Crippen molar-refractivity contribution in [3.63, 3.8) is 0 Å². The molecule has 0 fully saturated rings. The van der Waals surface area contributed by atoms with Gasteiger partial charge in [-0.05, 0) is 59.6 Å². The molecule has 126 valence electrons. The summed E-state index contributed by atoms with van der Waals surface area (Å²) in [5.41, 5.74) is 5.09. The predicted octanol–water partition coefficient (Wildman–Crippen LogP) is 3.11. The molecule has 6 nitrogen and oxygen atoms in total. The van der Waals surface area contributed by atoms with Crippen molar-refractivity contribution >= 4 is 39.8 Å². The van der Waals surface area contributed by atoms with E-state index in [0.29, 0.717) is 5.16 Å². The fourth-order valence-corrected chi connectivity index (χ4v) is 3.16. The maximum Gasteiger partial charge on any atom is 0.250 e. The molecule has 1 N–H and O–H groups in total. The lowest BCUT2D eigenvalue weighted by Crippen LogP contribution is -2.19. The van der Waals surface area contributed by atoms with E-state index < -0.39 is 0 Å². The number of carbonyl (C=O) groups is 1. The van der Waals surface area contributed by atoms with Crippen LogP contribution in [0, 0.1) is 13.8 Å². The molecule has 24 heavy (non-hydrogen) atoms. The van der Waals surface area contributed by atoms with E-state index in [1.54, 1.807) is 13.3 Å². The van der Waals surface area contributed by atoms with Crippen molar-refractivity contribution in [2.24, 2.45) is 5.10 Å². The number of nitrogens with one attached hydrogen (secondary N) is 1. The Balaban J connectivity index is 1.85. The number of thioether (sulfide) groups is 1. The lowest BCUT2D eigenvalue weighted by molar-refractivity contribution is -0.118. The summed E-state index contributed by atoms with van der Waals surface area (Å²) in [4.78, 5) is 20.4. The van der Waals surface area contributed by atoms with E-state index in [9.17, 15) is 4.79 Å². The first kappa shape index (κ1) is 18.4. The number of hydrazone groups is 1. The summed E-state index contributed by atoms with van der Waals surface area (Å²) in [6, 6.07) is 7.41. The van der Waals surface area contributed by atoms with Crippen LogP contribution < -0.4 is 10.2 Å². The number of benzene rings is 1. The van der Waals surface area contributed by atoms with E-state index in [-0.39, 0.29) is 11.7 Å². The maximum absolute atomic E-state index is 11.8. The predicted molar refractivity (Wildman–Crippen MR) is 98.7 cm³/mol. The monoisotopic (exact) mass is 408 g/mol. The Morgan fingerprint density at radius 3 is 2.67 bits per heavy atom. The number of ether oxygens (including phenoxy) is 1. The third-order valence-corrected chi connectivity index (χ3v) is 4.34. The summed E-state index contributed by atoms with van der Waals surface area (Å²) in [6.07, 6.45) is 1.57. The molecule has 8 heteroatoms. The summed E-state index contributed by atoms with van der Waals surface area (Å²) >= 11 is 4.68. The van der Waals surface area contributed by atoms with E-state index in [4.69, 9.17) is 4.74 Å². The van der Waals surface area contributed by atoms with E-state index in [1.807, 2.05) is 38.1 Å². The molecule has 0 saturated carbocycles. The van der Waals surface area contributed by atoms with Gasteiger partial charge in [-0.2, -0.15) is 5.10 Å². The number of aryl methyl sites for hydroxylation is 2. The molecular formula is C16H17BrN4O2S. The molecule has 0 aliphatic carbocycles. The molecule has 1 aromatic heterocycles. The van der Waals surface area contributed by atoms with Gasteiger partial charge in [-0.15, -0.1) is 0 Å². The Hall–Kier alpha value is -1.93. The molecule has 0 aliphatic rings. The quantitative estimate of drug-likeness (QED) is 0.343. The van der Waals surface area contributed by atoms with E-state index >= 15 is 0 Å². The van der Waals surface area contributed by atoms with Crippen molar-refractivity contribution in [2.75, 3.05) is 12.9 Å². The second-order valence-electron chi connectivity index (χ2n) is 4.91. The summed E-state index contributed by atoms with van der Waals surface area (Å²) in [7, 11) is 1.60. The van der Waals surface area contributed by atoms with Gasteiger partial charge in [0.2, 0.25) is 0 Å². The first-order chi connectivity index (χ1) is 11.5. The van der Waals surface area contributed by atoms with Gasteiger partial charge in [-0.1, -0.05) is 11.8 Å². The SMILES string of the molecule is COc1ccc(/C=N\NC(=O)CSc2nc(C)cc(C)n2)cc1Br. The normalized spacial score (nSPS) is 10.8. The van der Waals surface area contributed by atoms with Crippen LogP contribution >= 0.6 is 27.7 Å². The Morgan fingerprint density at radius 1 is 1.33 bits per heavy atom. The average Bonchev–Trinajstić information content (AvgIpc) is 2.52. The molecule has 0 atom stereocenters. The molecule has 1 aromatic carbocycles. The highest BCUT2D eigenvalue weighted by Gasteiger charge is 2.05. The van der Waals surface area contributed by atoms with Crippen molar-refractivity contribution in [2.45, 2.75) is 19.0 Å². The molecule has 2 aromatic rings. The zero-order valence-corrected chi connectivity index (χ0v) is 15.9. The van der Waals surface area contributed by atoms with Gasteiger partial charge in [-0.3, -0.25) is 4.79 Å². The largest absolute Gasteiger partial charge is 0.496 e. The van der Waals surface area contributed by atoms with Crippen LogP contribution in [0.2, 0.25) is 0 Å². The second-order valence-corrected chi connectivity index (χ2v) is 6.71. The number of amides is 1. The van der Waals surface area contributed by atoms with E-state index in [0.717, 1.165) is 27.2 Å². The average molecular weight is 409 g/mol. The molecule has 0 radical (unpaired) electrons. The summed E-state index contributed by atoms with van der Waals surface area (Å²) in [5.74, 6) is 0.722. The zero-order valence-electron chi connectivity index (χ0n) is 13.5. The third kappa shape index (κ3) is 5.61. The van der Waals surface area contributed by atoms with E-state index in [2.05, 4.69) is 36.4 Å². The standard InChI is InChI=1S/C16H17BrN4O2S/c1-10-6-11(2)20-16(19-10)24-9-15(22)21-18-8-12-4-5-14(23-3)13(17)7-12/h4-8H,9H2,1-3H3,(H,21,22)/b18-8-. The zero-order chi connectivity index (χ0) is 17.5. The minimum absolute atomic E-state index is 0.201. The minimum atomic E-state index is -0.216. The van der Waals surface area contributed by atoms with Crippen LogP contribution in [0.3, 0.4) is 0 Å². The van der Waals surface area contributed by atoms with Gasteiger partial charge in [0.05, 0.1) is 23.5 Å². The van der Waals surface area contributed by atoms with Gasteiger partial charge in [0.1, 0.15) is 5.75 Å². The highest BCUT2D eigenvalue weighted by atomic mass is 79.9. The van der Waals surface area contributed by atoms with Crippen molar-refractivity contribution in [1.29, 1.82) is 0 Å². The van der Waals surface area contributed by atoms with Crippen LogP contribution in [-0.4, -0.2) is 35.0 Å². The fraction of sp³-hybridized carbons (Fsp3) is 0.250. The van der Waals surface area contributed by atoms with Gasteiger partial charge in [0.15, 0.2) is 5.16 Å². The van der Waals surface area contributed by atoms with Crippen LogP contribution in [0.25, 0.3) is 0 Å². The number of nitrogens with zero attached hydrogens (tertiary/aromatic N) is 3. The number of halogens is 1. The van der Waals surface area contributed by atoms with Gasteiger partial charge < -0.3 is 4.74 Å². The molecule has 1 amide bonds. The molecule has 2 rings (SSSR count). The molecule has 0 unspecified atom stereocenters. The number of methoxy groups -OCH3 is 1. The van der Waals surface area contributed by atoms with Gasteiger partial charge in [0.25, 0.3) is 5.91 Å². The lowest BCUT2D eigenvalue weighted by Gasteiger charge is -2.03. The number of rotatable bonds is 6. The minimum Gasteiger partial charge on any atom is -0.496 e. The third-order valence-electron chi connectivity index (χ3n) is 2.87. The number of aromatic nitrogens is 2. The van der Waals surface area contributed by atoms with E-state index in [1.165, 1.54) is 11.8 Å². The fourth-order valence-electron chi connectivity index (χ4n) is 1.86. The first-order valence-electron chi connectivity index (χ1n) is 7.08. The van der Waals surface area contributed by atoms with Crippen LogP contribution in [0.15, 0.2) is 39.0 Å². The molecule has 1 heterocycles. The van der Waals surface area contributed by atoms with Crippen molar-refractivity contribution in [1.82, 2.24) is 15.4 Å². The topological polar surface area (TPSA) is 76.5 Å². The van der Waals surface area contributed by atoms with Gasteiger partial charge in [-0.25, -0.2) is 15.4 Å². The summed E-state index contributed by atoms with van der Waals surface area (Å²) < 4.78 is 5.98. The molecule has 0 saturated heterocycles. The highest BCUT2D eigenvalue weighted by molar-refractivity contribution is 9.10. The highest BCUT2D eigenvalue weighted by Crippen LogP contribution is 2.24. The number of carbonyl (C=O) groups excluding carboxylic acids is 1. The molecule has 0 spiro atoms. The van der Waals surface area contributed by atoms with Crippen LogP contribution in [0.1, 0.15) is 17.0 Å². The van der Waals surface area contributed by atoms with Gasteiger partial charge in [0, 0.05) is 11.4 Å². The molecular weight excluding hydrogens is 392 g/mol. The number of hydrogen-bond donors (Lipinski definition) is 1. The van der Waals surface area contributed by atoms with Crippen LogP contribution in [-0.2, 0) is 4.79 Å². The van der Waals surface area contributed by atoms with Crippen molar-refractivity contribution in [3.8, 4) is 5.75 Å². The second kappa shape index (κ2) is 8.79. The summed E-state index contributed by atoms with van der Waals surface area (Å²) in [6.45, 7) is 3.80. The number of hydrogen-bond acceptors (Lipinski definition) is 6. The Kier molecular flexibility index (Phi) is 6.74. The van der Waals surface area contributed by atoms with Crippen LogP contribution in [0.5, 0.6) is 5.75 Å². The van der Waals surface area contributed by atoms with Crippen molar-refractivity contribution in [3.05, 3.63) is 45.7 Å². The Labute approximate surface area is 153 Å². The van der Waals surface area contributed by atoms with Crippen molar-refractivity contribution < 1.29 is 9.53 Å². The van der Waals surface area contributed by atoms with Crippen LogP contribution in [0.4, 0.5) is 0 Å². The Morgan fingerprint density at radius 2 is 2.04 bits per heavy atom. The molecule has 0 aliphatic heterocycles. The van der Waals surface area contributed by atoms with Gasteiger partial charge >= 0.3 is 0 Å².